The van der Waals surface area contributed by atoms with Crippen LogP contribution in [0.5, 0.6) is 11.5 Å². The fraction of sp³-hybridized carbons (Fsp3) is 0.188. The molecule has 0 aliphatic carbocycles. The van der Waals surface area contributed by atoms with Crippen molar-refractivity contribution in [2.24, 2.45) is 0 Å². The van der Waals surface area contributed by atoms with Crippen LogP contribution in [0.25, 0.3) is 0 Å². The second kappa shape index (κ2) is 7.74. The first kappa shape index (κ1) is 17.0. The summed E-state index contributed by atoms with van der Waals surface area (Å²) >= 11 is 6.33. The second-order valence-electron chi connectivity index (χ2n) is 4.45. The summed E-state index contributed by atoms with van der Waals surface area (Å²) in [5.74, 6) is 0.489. The molecule has 0 unspecified atom stereocenters. The van der Waals surface area contributed by atoms with Gasteiger partial charge in [0.25, 0.3) is 0 Å². The standard InChI is InChI=1S/C16H13Br2FO3/c1-21-16-6-10(14(20)8-17)3-5-15(16)22-9-11-2-4-12(18)7-13(11)19/h2-7H,8-9H2,1H3. The molecule has 116 valence electrons. The highest BCUT2D eigenvalue weighted by atomic mass is 79.9. The average molecular weight is 432 g/mol. The van der Waals surface area contributed by atoms with Gasteiger partial charge < -0.3 is 9.47 Å². The van der Waals surface area contributed by atoms with E-state index < -0.39 is 0 Å². The first-order valence-electron chi connectivity index (χ1n) is 6.39. The highest BCUT2D eigenvalue weighted by molar-refractivity contribution is 9.10. The van der Waals surface area contributed by atoms with E-state index in [4.69, 9.17) is 9.47 Å². The maximum absolute atomic E-state index is 13.8. The third-order valence-electron chi connectivity index (χ3n) is 3.01. The minimum atomic E-state index is -0.348. The van der Waals surface area contributed by atoms with Gasteiger partial charge in [0.2, 0.25) is 0 Å². The Labute approximate surface area is 144 Å². The van der Waals surface area contributed by atoms with E-state index in [1.807, 2.05) is 0 Å². The van der Waals surface area contributed by atoms with Crippen LogP contribution in [0.4, 0.5) is 4.39 Å². The van der Waals surface area contributed by atoms with Crippen molar-refractivity contribution in [3.8, 4) is 11.5 Å². The lowest BCUT2D eigenvalue weighted by Crippen LogP contribution is -2.03. The molecule has 0 heterocycles. The molecule has 0 radical (unpaired) electrons. The van der Waals surface area contributed by atoms with Crippen LogP contribution in [0.1, 0.15) is 15.9 Å². The number of Topliss-reactive ketones (excluding diaryl/α,β-unsaturated/α-hetero) is 1. The summed E-state index contributed by atoms with van der Waals surface area (Å²) in [5, 5.41) is 0.237. The van der Waals surface area contributed by atoms with E-state index in [2.05, 4.69) is 31.9 Å². The molecule has 2 rings (SSSR count). The van der Waals surface area contributed by atoms with Crippen LogP contribution in [0.2, 0.25) is 0 Å². The number of hydrogen-bond acceptors (Lipinski definition) is 3. The van der Waals surface area contributed by atoms with Crippen molar-refractivity contribution < 1.29 is 18.7 Å². The van der Waals surface area contributed by atoms with Gasteiger partial charge in [0.05, 0.1) is 12.4 Å². The van der Waals surface area contributed by atoms with Crippen molar-refractivity contribution in [2.45, 2.75) is 6.61 Å². The molecule has 0 aromatic heterocycles. The number of methoxy groups -OCH3 is 1. The number of rotatable bonds is 6. The van der Waals surface area contributed by atoms with Crippen molar-refractivity contribution in [3.63, 3.8) is 0 Å². The molecule has 0 bridgehead atoms. The molecule has 0 aliphatic heterocycles. The fourth-order valence-corrected chi connectivity index (χ4v) is 2.49. The maximum atomic E-state index is 13.8. The van der Waals surface area contributed by atoms with E-state index in [9.17, 15) is 9.18 Å². The van der Waals surface area contributed by atoms with E-state index in [0.29, 0.717) is 27.1 Å². The summed E-state index contributed by atoms with van der Waals surface area (Å²) in [6.45, 7) is 0.0706. The Hall–Kier alpha value is -1.40. The molecule has 22 heavy (non-hydrogen) atoms. The molecule has 0 saturated carbocycles. The molecule has 6 heteroatoms. The molecular formula is C16H13Br2FO3. The molecular weight excluding hydrogens is 419 g/mol. The lowest BCUT2D eigenvalue weighted by Gasteiger charge is -2.12. The Balaban J connectivity index is 2.17. The molecule has 3 nitrogen and oxygen atoms in total. The van der Waals surface area contributed by atoms with Gasteiger partial charge in [0, 0.05) is 15.6 Å². The van der Waals surface area contributed by atoms with Crippen LogP contribution in [0.3, 0.4) is 0 Å². The van der Waals surface area contributed by atoms with Gasteiger partial charge in [0.1, 0.15) is 12.4 Å². The Kier molecular flexibility index (Phi) is 5.97. The van der Waals surface area contributed by atoms with Crippen molar-refractivity contribution in [1.29, 1.82) is 0 Å². The van der Waals surface area contributed by atoms with Gasteiger partial charge in [-0.05, 0) is 30.3 Å². The van der Waals surface area contributed by atoms with Gasteiger partial charge in [-0.2, -0.15) is 0 Å². The number of halogens is 3. The minimum absolute atomic E-state index is 0.0520. The summed E-state index contributed by atoms with van der Waals surface area (Å²) < 4.78 is 25.3. The van der Waals surface area contributed by atoms with Crippen molar-refractivity contribution in [2.75, 3.05) is 12.4 Å². The SMILES string of the molecule is COc1cc(C(=O)CBr)ccc1OCc1ccc(Br)cc1F. The topological polar surface area (TPSA) is 35.5 Å². The van der Waals surface area contributed by atoms with Crippen LogP contribution in [0.15, 0.2) is 40.9 Å². The molecule has 0 amide bonds. The molecule has 0 spiro atoms. The van der Waals surface area contributed by atoms with E-state index in [1.165, 1.54) is 13.2 Å². The molecule has 2 aromatic rings. The molecule has 0 N–H and O–H groups in total. The van der Waals surface area contributed by atoms with Crippen LogP contribution in [-0.2, 0) is 6.61 Å². The zero-order chi connectivity index (χ0) is 16.1. The molecule has 0 aliphatic rings. The van der Waals surface area contributed by atoms with Crippen LogP contribution < -0.4 is 9.47 Å². The Morgan fingerprint density at radius 2 is 1.95 bits per heavy atom. The van der Waals surface area contributed by atoms with E-state index in [0.717, 1.165) is 0 Å². The smallest absolute Gasteiger partial charge is 0.173 e. The number of ether oxygens (including phenoxy) is 2. The summed E-state index contributed by atoms with van der Waals surface area (Å²) in [4.78, 5) is 11.7. The van der Waals surface area contributed by atoms with E-state index >= 15 is 0 Å². The first-order valence-corrected chi connectivity index (χ1v) is 8.30. The van der Waals surface area contributed by atoms with E-state index in [1.54, 1.807) is 30.3 Å². The number of carbonyl (C=O) groups excluding carboxylic acids is 1. The summed E-state index contributed by atoms with van der Waals surface area (Å²) in [5.41, 5.74) is 0.960. The third kappa shape index (κ3) is 4.08. The van der Waals surface area contributed by atoms with Gasteiger partial charge in [-0.15, -0.1) is 0 Å². The third-order valence-corrected chi connectivity index (χ3v) is 4.01. The van der Waals surface area contributed by atoms with E-state index in [-0.39, 0.29) is 23.5 Å². The number of hydrogen-bond donors (Lipinski definition) is 0. The number of benzene rings is 2. The summed E-state index contributed by atoms with van der Waals surface area (Å²) in [6, 6.07) is 9.68. The zero-order valence-corrected chi connectivity index (χ0v) is 14.9. The van der Waals surface area contributed by atoms with Crippen molar-refractivity contribution in [3.05, 3.63) is 57.8 Å². The molecule has 0 saturated heterocycles. The zero-order valence-electron chi connectivity index (χ0n) is 11.7. The highest BCUT2D eigenvalue weighted by Gasteiger charge is 2.11. The maximum Gasteiger partial charge on any atom is 0.173 e. The largest absolute Gasteiger partial charge is 0.493 e. The van der Waals surface area contributed by atoms with Crippen molar-refractivity contribution in [1.82, 2.24) is 0 Å². The first-order chi connectivity index (χ1) is 10.5. The minimum Gasteiger partial charge on any atom is -0.493 e. The van der Waals surface area contributed by atoms with Crippen LogP contribution >= 0.6 is 31.9 Å². The second-order valence-corrected chi connectivity index (χ2v) is 5.92. The average Bonchev–Trinajstić information content (AvgIpc) is 2.53. The molecule has 0 fully saturated rings. The van der Waals surface area contributed by atoms with Gasteiger partial charge in [0.15, 0.2) is 17.3 Å². The van der Waals surface area contributed by atoms with Crippen LogP contribution in [0, 0.1) is 5.82 Å². The molecule has 0 atom stereocenters. The predicted octanol–water partition coefficient (Wildman–Crippen LogP) is 4.75. The van der Waals surface area contributed by atoms with Gasteiger partial charge in [-0.25, -0.2) is 4.39 Å². The normalized spacial score (nSPS) is 10.4. The number of alkyl halides is 1. The Morgan fingerprint density at radius 1 is 1.18 bits per heavy atom. The van der Waals surface area contributed by atoms with Gasteiger partial charge in [-0.3, -0.25) is 4.79 Å². The number of ketones is 1. The lowest BCUT2D eigenvalue weighted by molar-refractivity contribution is 0.102. The van der Waals surface area contributed by atoms with Gasteiger partial charge in [-0.1, -0.05) is 37.9 Å². The quantitative estimate of drug-likeness (QED) is 0.488. The Bertz CT molecular complexity index is 689. The lowest BCUT2D eigenvalue weighted by atomic mass is 10.1. The predicted molar refractivity (Wildman–Crippen MR) is 89.6 cm³/mol. The fourth-order valence-electron chi connectivity index (χ4n) is 1.83. The summed E-state index contributed by atoms with van der Waals surface area (Å²) in [7, 11) is 1.49. The highest BCUT2D eigenvalue weighted by Crippen LogP contribution is 2.29. The number of carbonyl (C=O) groups is 1. The summed E-state index contributed by atoms with van der Waals surface area (Å²) in [6.07, 6.45) is 0. The monoisotopic (exact) mass is 430 g/mol. The van der Waals surface area contributed by atoms with Gasteiger partial charge >= 0.3 is 0 Å². The van der Waals surface area contributed by atoms with Crippen LogP contribution in [-0.4, -0.2) is 18.2 Å². The van der Waals surface area contributed by atoms with Crippen molar-refractivity contribution >= 4 is 37.6 Å². The Morgan fingerprint density at radius 3 is 2.59 bits per heavy atom. The molecule has 2 aromatic carbocycles.